The van der Waals surface area contributed by atoms with Gasteiger partial charge in [0.1, 0.15) is 10.7 Å². The van der Waals surface area contributed by atoms with Gasteiger partial charge in [-0.1, -0.05) is 49.6 Å². The molecule has 1 aliphatic carbocycles. The van der Waals surface area contributed by atoms with Gasteiger partial charge in [-0.2, -0.15) is 17.5 Å². The highest BCUT2D eigenvalue weighted by atomic mass is 32.2. The molecule has 240 valence electrons. The summed E-state index contributed by atoms with van der Waals surface area (Å²) < 4.78 is 89.4. The predicted octanol–water partition coefficient (Wildman–Crippen LogP) is 6.21. The molecular formula is C32H33F4N3O5S. The van der Waals surface area contributed by atoms with Gasteiger partial charge in [0.25, 0.3) is 5.91 Å². The number of ether oxygens (including phenoxy) is 1. The Balaban J connectivity index is 1.56. The number of rotatable bonds is 6. The second kappa shape index (κ2) is 12.8. The van der Waals surface area contributed by atoms with Crippen LogP contribution < -0.4 is 10.2 Å². The molecule has 1 heterocycles. The molecule has 0 saturated heterocycles. The highest BCUT2D eigenvalue weighted by molar-refractivity contribution is 7.89. The maximum Gasteiger partial charge on any atom is 0.416 e. The van der Waals surface area contributed by atoms with Crippen LogP contribution in [-0.4, -0.2) is 51.3 Å². The van der Waals surface area contributed by atoms with Crippen LogP contribution in [0.5, 0.6) is 0 Å². The molecule has 5 rings (SSSR count). The van der Waals surface area contributed by atoms with E-state index in [-0.39, 0.29) is 28.6 Å². The first-order chi connectivity index (χ1) is 21.3. The maximum atomic E-state index is 15.8. The predicted molar refractivity (Wildman–Crippen MR) is 159 cm³/mol. The lowest BCUT2D eigenvalue weighted by Gasteiger charge is -2.36. The van der Waals surface area contributed by atoms with Crippen molar-refractivity contribution in [2.75, 3.05) is 25.6 Å². The molecule has 2 aliphatic rings. The molecule has 1 fully saturated rings. The van der Waals surface area contributed by atoms with Crippen LogP contribution in [0.2, 0.25) is 0 Å². The molecule has 0 spiro atoms. The van der Waals surface area contributed by atoms with Crippen molar-refractivity contribution in [2.45, 2.75) is 55.3 Å². The second-order valence-electron chi connectivity index (χ2n) is 11.3. The van der Waals surface area contributed by atoms with Gasteiger partial charge >= 0.3 is 12.1 Å². The largest absolute Gasteiger partial charge is 0.467 e. The number of carbonyl (C=O) groups excluding carboxylic acids is 2. The van der Waals surface area contributed by atoms with Crippen molar-refractivity contribution in [3.05, 3.63) is 89.2 Å². The number of methoxy groups -OCH3 is 1. The number of para-hydroxylation sites is 1. The Bertz CT molecular complexity index is 1660. The molecule has 0 aromatic heterocycles. The van der Waals surface area contributed by atoms with E-state index in [4.69, 9.17) is 4.74 Å². The second-order valence-corrected chi connectivity index (χ2v) is 13.2. The lowest BCUT2D eigenvalue weighted by Crippen LogP contribution is -2.46. The third-order valence-electron chi connectivity index (χ3n) is 8.62. The first-order valence-electron chi connectivity index (χ1n) is 14.5. The summed E-state index contributed by atoms with van der Waals surface area (Å²) >= 11 is 0. The van der Waals surface area contributed by atoms with Gasteiger partial charge in [0.05, 0.1) is 23.9 Å². The monoisotopic (exact) mass is 647 g/mol. The highest BCUT2D eigenvalue weighted by Gasteiger charge is 2.42. The standard InChI is InChI=1S/C32H33F4N3O5S/c1-38-27(20-9-5-3-6-10-20)19-39(23-11-7-4-8-12-23)26-18-25(33)24(17-28(26)45(38,42)43)30(40)37-29(31(41)44-2)21-13-15-22(16-14-21)32(34,35)36/h4,7-8,11-18,20,27,29H,3,5-6,9-10,19H2,1-2H3,(H,37,40)/t27-,29-/m0/s1. The summed E-state index contributed by atoms with van der Waals surface area (Å²) in [4.78, 5) is 27.5. The Labute approximate surface area is 259 Å². The van der Waals surface area contributed by atoms with Gasteiger partial charge in [-0.25, -0.2) is 17.6 Å². The van der Waals surface area contributed by atoms with Crippen molar-refractivity contribution < 1.29 is 40.3 Å². The summed E-state index contributed by atoms with van der Waals surface area (Å²) in [5.41, 5.74) is -0.962. The third kappa shape index (κ3) is 6.55. The molecule has 8 nitrogen and oxygen atoms in total. The number of nitrogens with one attached hydrogen (secondary N) is 1. The molecule has 3 aromatic carbocycles. The van der Waals surface area contributed by atoms with Crippen molar-refractivity contribution in [3.8, 4) is 0 Å². The van der Waals surface area contributed by atoms with Crippen LogP contribution in [0.1, 0.15) is 59.6 Å². The van der Waals surface area contributed by atoms with Gasteiger partial charge in [-0.05, 0) is 60.7 Å². The van der Waals surface area contributed by atoms with Crippen molar-refractivity contribution >= 4 is 33.3 Å². The lowest BCUT2D eigenvalue weighted by atomic mass is 9.83. The number of alkyl halides is 3. The molecule has 2 atom stereocenters. The van der Waals surface area contributed by atoms with Crippen molar-refractivity contribution in [2.24, 2.45) is 5.92 Å². The Morgan fingerprint density at radius 2 is 1.62 bits per heavy atom. The molecule has 1 saturated carbocycles. The van der Waals surface area contributed by atoms with Crippen LogP contribution in [0.15, 0.2) is 71.6 Å². The number of carbonyl (C=O) groups is 2. The van der Waals surface area contributed by atoms with E-state index in [1.807, 2.05) is 6.07 Å². The number of hydrogen-bond donors (Lipinski definition) is 1. The number of hydrogen-bond acceptors (Lipinski definition) is 6. The fourth-order valence-corrected chi connectivity index (χ4v) is 7.76. The van der Waals surface area contributed by atoms with E-state index in [0.29, 0.717) is 5.69 Å². The Hall–Kier alpha value is -3.97. The van der Waals surface area contributed by atoms with E-state index in [0.717, 1.165) is 75.6 Å². The van der Waals surface area contributed by atoms with Crippen molar-refractivity contribution in [3.63, 3.8) is 0 Å². The van der Waals surface area contributed by atoms with Gasteiger partial charge in [-0.15, -0.1) is 0 Å². The zero-order chi connectivity index (χ0) is 32.5. The van der Waals surface area contributed by atoms with E-state index in [1.54, 1.807) is 29.2 Å². The fraction of sp³-hybridized carbons (Fsp3) is 0.375. The molecule has 1 N–H and O–H groups in total. The average Bonchev–Trinajstić information content (AvgIpc) is 3.11. The number of fused-ring (bicyclic) bond motifs is 1. The van der Waals surface area contributed by atoms with Gasteiger partial charge in [0.2, 0.25) is 10.0 Å². The van der Waals surface area contributed by atoms with Gasteiger partial charge in [-0.3, -0.25) is 4.79 Å². The topological polar surface area (TPSA) is 96.0 Å². The number of likely N-dealkylation sites (N-methyl/N-ethyl adjacent to an activating group) is 1. The van der Waals surface area contributed by atoms with E-state index >= 15 is 4.39 Å². The zero-order valence-electron chi connectivity index (χ0n) is 24.7. The van der Waals surface area contributed by atoms with Crippen molar-refractivity contribution in [1.82, 2.24) is 9.62 Å². The molecule has 1 aliphatic heterocycles. The number of nitrogens with zero attached hydrogens (tertiary/aromatic N) is 2. The van der Waals surface area contributed by atoms with Crippen molar-refractivity contribution in [1.29, 1.82) is 0 Å². The molecular weight excluding hydrogens is 614 g/mol. The number of esters is 1. The third-order valence-corrected chi connectivity index (χ3v) is 10.5. The summed E-state index contributed by atoms with van der Waals surface area (Å²) in [7, 11) is -1.72. The summed E-state index contributed by atoms with van der Waals surface area (Å²) in [6.07, 6.45) is 0.106. The van der Waals surface area contributed by atoms with Gasteiger partial charge < -0.3 is 15.0 Å². The van der Waals surface area contributed by atoms with Crippen LogP contribution in [-0.2, 0) is 25.7 Å². The number of halogens is 4. The molecule has 0 bridgehead atoms. The summed E-state index contributed by atoms with van der Waals surface area (Å²) in [5.74, 6) is -3.13. The fourth-order valence-electron chi connectivity index (χ4n) is 6.16. The molecule has 1 amide bonds. The van der Waals surface area contributed by atoms with Crippen LogP contribution in [0.4, 0.5) is 28.9 Å². The number of sulfonamides is 1. The minimum atomic E-state index is -4.63. The smallest absolute Gasteiger partial charge is 0.416 e. The molecule has 45 heavy (non-hydrogen) atoms. The summed E-state index contributed by atoms with van der Waals surface area (Å²) in [6.45, 7) is 0.265. The first-order valence-corrected chi connectivity index (χ1v) is 16.0. The number of benzene rings is 3. The quantitative estimate of drug-likeness (QED) is 0.253. The first kappa shape index (κ1) is 32.4. The summed E-state index contributed by atoms with van der Waals surface area (Å²) in [5, 5.41) is 2.31. The number of anilines is 2. The minimum absolute atomic E-state index is 0.0451. The normalized spacial score (nSPS) is 19.7. The van der Waals surface area contributed by atoms with Crippen LogP contribution in [0.25, 0.3) is 0 Å². The van der Waals surface area contributed by atoms with Gasteiger partial charge in [0, 0.05) is 25.3 Å². The Kier molecular flexibility index (Phi) is 9.22. The summed E-state index contributed by atoms with van der Waals surface area (Å²) in [6, 6.07) is 12.4. The number of amides is 1. The van der Waals surface area contributed by atoms with E-state index in [2.05, 4.69) is 5.32 Å². The van der Waals surface area contributed by atoms with E-state index in [9.17, 15) is 31.2 Å². The average molecular weight is 648 g/mol. The lowest BCUT2D eigenvalue weighted by molar-refractivity contribution is -0.143. The Morgan fingerprint density at radius 1 is 0.978 bits per heavy atom. The Morgan fingerprint density at radius 3 is 2.22 bits per heavy atom. The van der Waals surface area contributed by atoms with Gasteiger partial charge in [0.15, 0.2) is 6.04 Å². The molecule has 0 unspecified atom stereocenters. The van der Waals surface area contributed by atoms with Crippen LogP contribution in [0, 0.1) is 11.7 Å². The molecule has 13 heteroatoms. The van der Waals surface area contributed by atoms with E-state index in [1.165, 1.54) is 11.4 Å². The van der Waals surface area contributed by atoms with E-state index < -0.39 is 57.1 Å². The zero-order valence-corrected chi connectivity index (χ0v) is 25.5. The SMILES string of the molecule is COC(=O)[C@@H](NC(=O)c1cc2c(cc1F)N(c1ccccc1)C[C@@H](C1CCCCC1)N(C)S2(=O)=O)c1ccc(C(F)(F)F)cc1. The maximum absolute atomic E-state index is 15.8. The molecule has 0 radical (unpaired) electrons. The van der Waals surface area contributed by atoms with Crippen LogP contribution in [0.3, 0.4) is 0 Å². The van der Waals surface area contributed by atoms with Crippen LogP contribution >= 0.6 is 0 Å². The minimum Gasteiger partial charge on any atom is -0.467 e. The highest BCUT2D eigenvalue weighted by Crippen LogP contribution is 2.42. The molecule has 3 aromatic rings.